The van der Waals surface area contributed by atoms with E-state index < -0.39 is 0 Å². The number of furan rings is 1. The normalized spacial score (nSPS) is 10.8. The predicted octanol–water partition coefficient (Wildman–Crippen LogP) is 5.82. The van der Waals surface area contributed by atoms with Gasteiger partial charge in [-0.1, -0.05) is 44.0 Å². The van der Waals surface area contributed by atoms with E-state index in [9.17, 15) is 9.59 Å². The lowest BCUT2D eigenvalue weighted by Crippen LogP contribution is -2.44. The van der Waals surface area contributed by atoms with Crippen LogP contribution in [-0.2, 0) is 17.8 Å². The van der Waals surface area contributed by atoms with Gasteiger partial charge in [0.25, 0.3) is 5.91 Å². The standard InChI is InChI=1S/C31H40N2O5/c1-6-7-10-18-33(31(35)27-12-9-8-11-23(27)2)22-30(34)32(21-26-15-13-24(3)38-26)19-17-25-14-16-28(36-4)29(20-25)37-5/h8-9,11-16,20H,6-7,10,17-19,21-22H2,1-5H3. The van der Waals surface area contributed by atoms with Crippen molar-refractivity contribution in [1.29, 1.82) is 0 Å². The fourth-order valence-electron chi connectivity index (χ4n) is 4.40. The SMILES string of the molecule is CCCCCN(CC(=O)N(CCc1ccc(OC)c(OC)c1)Cc1ccc(C)o1)C(=O)c1ccccc1C. The van der Waals surface area contributed by atoms with Gasteiger partial charge in [-0.3, -0.25) is 9.59 Å². The molecule has 38 heavy (non-hydrogen) atoms. The van der Waals surface area contributed by atoms with E-state index in [-0.39, 0.29) is 18.4 Å². The van der Waals surface area contributed by atoms with Gasteiger partial charge in [-0.25, -0.2) is 0 Å². The van der Waals surface area contributed by atoms with E-state index in [4.69, 9.17) is 13.9 Å². The number of ether oxygens (including phenoxy) is 2. The summed E-state index contributed by atoms with van der Waals surface area (Å²) in [6, 6.07) is 17.1. The van der Waals surface area contributed by atoms with E-state index in [0.29, 0.717) is 48.9 Å². The van der Waals surface area contributed by atoms with Crippen molar-refractivity contribution in [2.75, 3.05) is 33.9 Å². The molecule has 0 atom stereocenters. The summed E-state index contributed by atoms with van der Waals surface area (Å²) in [5, 5.41) is 0. The summed E-state index contributed by atoms with van der Waals surface area (Å²) in [5.74, 6) is 2.59. The Morgan fingerprint density at radius 1 is 0.868 bits per heavy atom. The Bertz CT molecular complexity index is 1200. The number of methoxy groups -OCH3 is 2. The van der Waals surface area contributed by atoms with Gasteiger partial charge >= 0.3 is 0 Å². The molecule has 1 heterocycles. The van der Waals surface area contributed by atoms with E-state index in [0.717, 1.165) is 36.1 Å². The minimum Gasteiger partial charge on any atom is -0.493 e. The largest absolute Gasteiger partial charge is 0.493 e. The molecule has 3 aromatic rings. The number of aryl methyl sites for hydroxylation is 2. The van der Waals surface area contributed by atoms with Crippen molar-refractivity contribution in [1.82, 2.24) is 9.80 Å². The fraction of sp³-hybridized carbons (Fsp3) is 0.419. The lowest BCUT2D eigenvalue weighted by molar-refractivity contribution is -0.132. The van der Waals surface area contributed by atoms with E-state index in [1.165, 1.54) is 0 Å². The van der Waals surface area contributed by atoms with Crippen LogP contribution >= 0.6 is 0 Å². The zero-order valence-corrected chi connectivity index (χ0v) is 23.3. The summed E-state index contributed by atoms with van der Waals surface area (Å²) in [6.07, 6.45) is 3.51. The van der Waals surface area contributed by atoms with Crippen LogP contribution < -0.4 is 9.47 Å². The number of nitrogens with zero attached hydrogens (tertiary/aromatic N) is 2. The molecule has 0 radical (unpaired) electrons. The lowest BCUT2D eigenvalue weighted by atomic mass is 10.1. The minimum atomic E-state index is -0.113. The number of carbonyl (C=O) groups is 2. The van der Waals surface area contributed by atoms with Crippen LogP contribution in [-0.4, -0.2) is 55.5 Å². The quantitative estimate of drug-likeness (QED) is 0.251. The predicted molar refractivity (Wildman–Crippen MR) is 149 cm³/mol. The van der Waals surface area contributed by atoms with Crippen molar-refractivity contribution < 1.29 is 23.5 Å². The second-order valence-corrected chi connectivity index (χ2v) is 9.52. The van der Waals surface area contributed by atoms with E-state index >= 15 is 0 Å². The third-order valence-corrected chi connectivity index (χ3v) is 6.63. The van der Waals surface area contributed by atoms with Crippen LogP contribution in [0.2, 0.25) is 0 Å². The number of unbranched alkanes of at least 4 members (excludes halogenated alkanes) is 2. The first-order chi connectivity index (χ1) is 18.4. The molecule has 0 spiro atoms. The minimum absolute atomic E-state index is 0.0164. The maximum Gasteiger partial charge on any atom is 0.254 e. The molecular formula is C31H40N2O5. The van der Waals surface area contributed by atoms with Crippen LogP contribution in [0.5, 0.6) is 11.5 Å². The maximum atomic E-state index is 13.7. The van der Waals surface area contributed by atoms with Gasteiger partial charge in [0.1, 0.15) is 18.1 Å². The molecular weight excluding hydrogens is 480 g/mol. The Labute approximate surface area is 226 Å². The summed E-state index contributed by atoms with van der Waals surface area (Å²) < 4.78 is 16.6. The Morgan fingerprint density at radius 2 is 1.63 bits per heavy atom. The van der Waals surface area contributed by atoms with E-state index in [1.54, 1.807) is 24.0 Å². The lowest BCUT2D eigenvalue weighted by Gasteiger charge is -2.28. The average Bonchev–Trinajstić information content (AvgIpc) is 3.34. The first kappa shape index (κ1) is 28.8. The van der Waals surface area contributed by atoms with Gasteiger partial charge < -0.3 is 23.7 Å². The van der Waals surface area contributed by atoms with Crippen LogP contribution in [0.25, 0.3) is 0 Å². The van der Waals surface area contributed by atoms with Crippen molar-refractivity contribution in [2.45, 2.75) is 53.0 Å². The highest BCUT2D eigenvalue weighted by Crippen LogP contribution is 2.28. The molecule has 0 unspecified atom stereocenters. The van der Waals surface area contributed by atoms with E-state index in [2.05, 4.69) is 6.92 Å². The number of amides is 2. The second kappa shape index (κ2) is 14.3. The van der Waals surface area contributed by atoms with Crippen LogP contribution in [0, 0.1) is 13.8 Å². The molecule has 204 valence electrons. The second-order valence-electron chi connectivity index (χ2n) is 9.52. The molecule has 0 N–H and O–H groups in total. The molecule has 7 heteroatoms. The maximum absolute atomic E-state index is 13.7. The van der Waals surface area contributed by atoms with Crippen LogP contribution in [0.1, 0.15) is 59.2 Å². The highest BCUT2D eigenvalue weighted by molar-refractivity contribution is 5.97. The average molecular weight is 521 g/mol. The summed E-state index contributed by atoms with van der Waals surface area (Å²) in [6.45, 7) is 7.29. The molecule has 0 aliphatic carbocycles. The van der Waals surface area contributed by atoms with Crippen LogP contribution in [0.15, 0.2) is 59.0 Å². The third-order valence-electron chi connectivity index (χ3n) is 6.63. The zero-order chi connectivity index (χ0) is 27.5. The van der Waals surface area contributed by atoms with Gasteiger partial charge in [-0.05, 0) is 68.1 Å². The molecule has 0 saturated carbocycles. The first-order valence-corrected chi connectivity index (χ1v) is 13.2. The van der Waals surface area contributed by atoms with Crippen molar-refractivity contribution in [3.63, 3.8) is 0 Å². The van der Waals surface area contributed by atoms with Crippen molar-refractivity contribution >= 4 is 11.8 Å². The van der Waals surface area contributed by atoms with Gasteiger partial charge in [0, 0.05) is 18.7 Å². The molecule has 0 bridgehead atoms. The van der Waals surface area contributed by atoms with Crippen molar-refractivity contribution in [3.8, 4) is 11.5 Å². The first-order valence-electron chi connectivity index (χ1n) is 13.2. The monoisotopic (exact) mass is 520 g/mol. The third kappa shape index (κ3) is 7.88. The van der Waals surface area contributed by atoms with Crippen molar-refractivity contribution in [3.05, 3.63) is 82.8 Å². The molecule has 0 aliphatic rings. The number of carbonyl (C=O) groups excluding carboxylic acids is 2. The number of benzene rings is 2. The number of hydrogen-bond donors (Lipinski definition) is 0. The van der Waals surface area contributed by atoms with Crippen LogP contribution in [0.4, 0.5) is 0 Å². The molecule has 2 amide bonds. The summed E-state index contributed by atoms with van der Waals surface area (Å²) >= 11 is 0. The Kier molecular flexibility index (Phi) is 10.8. The van der Waals surface area contributed by atoms with Crippen LogP contribution in [0.3, 0.4) is 0 Å². The molecule has 1 aromatic heterocycles. The molecule has 2 aromatic carbocycles. The van der Waals surface area contributed by atoms with Gasteiger partial charge in [0.15, 0.2) is 11.5 Å². The highest BCUT2D eigenvalue weighted by Gasteiger charge is 2.24. The smallest absolute Gasteiger partial charge is 0.254 e. The summed E-state index contributed by atoms with van der Waals surface area (Å²) in [7, 11) is 3.21. The van der Waals surface area contributed by atoms with Gasteiger partial charge in [0.2, 0.25) is 5.91 Å². The molecule has 0 aliphatic heterocycles. The topological polar surface area (TPSA) is 72.2 Å². The Hall–Kier alpha value is -3.74. The van der Waals surface area contributed by atoms with Gasteiger partial charge in [-0.2, -0.15) is 0 Å². The number of rotatable bonds is 14. The highest BCUT2D eigenvalue weighted by atomic mass is 16.5. The molecule has 0 saturated heterocycles. The molecule has 7 nitrogen and oxygen atoms in total. The Morgan fingerprint density at radius 3 is 2.29 bits per heavy atom. The number of hydrogen-bond acceptors (Lipinski definition) is 5. The molecule has 0 fully saturated rings. The van der Waals surface area contributed by atoms with E-state index in [1.807, 2.05) is 68.4 Å². The zero-order valence-electron chi connectivity index (χ0n) is 23.3. The summed E-state index contributed by atoms with van der Waals surface area (Å²) in [5.41, 5.74) is 2.56. The summed E-state index contributed by atoms with van der Waals surface area (Å²) in [4.78, 5) is 30.7. The van der Waals surface area contributed by atoms with Gasteiger partial charge in [0.05, 0.1) is 20.8 Å². The van der Waals surface area contributed by atoms with Gasteiger partial charge in [-0.15, -0.1) is 0 Å². The molecule has 3 rings (SSSR count). The Balaban J connectivity index is 1.80. The fourth-order valence-corrected chi connectivity index (χ4v) is 4.40. The van der Waals surface area contributed by atoms with Crippen molar-refractivity contribution in [2.24, 2.45) is 0 Å².